The molecule has 0 spiro atoms. The molecule has 0 atom stereocenters. The van der Waals surface area contributed by atoms with Crippen LogP contribution in [0.2, 0.25) is 0 Å². The Morgan fingerprint density at radius 1 is 0.929 bits per heavy atom. The van der Waals surface area contributed by atoms with Crippen molar-refractivity contribution in [3.8, 4) is 11.8 Å². The van der Waals surface area contributed by atoms with Crippen molar-refractivity contribution in [1.82, 2.24) is 0 Å². The molecule has 1 aliphatic rings. The molecule has 0 saturated heterocycles. The van der Waals surface area contributed by atoms with Crippen LogP contribution in [0.3, 0.4) is 0 Å². The van der Waals surface area contributed by atoms with E-state index in [4.69, 9.17) is 0 Å². The first-order valence-electron chi connectivity index (χ1n) is 5.22. The standard InChI is InChI=1S/C13H22O/c1-10(2,14)8-9-13(7)11(3,4)12(13,5)6/h14H,1-7H3. The monoisotopic (exact) mass is 194 g/mol. The Labute approximate surface area is 87.9 Å². The fraction of sp³-hybridized carbons (Fsp3) is 0.846. The van der Waals surface area contributed by atoms with E-state index in [1.807, 2.05) is 0 Å². The lowest BCUT2D eigenvalue weighted by Gasteiger charge is -2.10. The molecule has 0 heterocycles. The van der Waals surface area contributed by atoms with Crippen LogP contribution in [0.4, 0.5) is 0 Å². The Morgan fingerprint density at radius 3 is 1.50 bits per heavy atom. The van der Waals surface area contributed by atoms with Gasteiger partial charge >= 0.3 is 0 Å². The van der Waals surface area contributed by atoms with E-state index < -0.39 is 5.60 Å². The van der Waals surface area contributed by atoms with Gasteiger partial charge in [-0.05, 0) is 31.6 Å². The summed E-state index contributed by atoms with van der Waals surface area (Å²) in [7, 11) is 0. The van der Waals surface area contributed by atoms with Gasteiger partial charge in [-0.3, -0.25) is 0 Å². The molecular formula is C13H22O. The Balaban J connectivity index is 2.97. The molecule has 0 amide bonds. The zero-order chi connectivity index (χ0) is 11.4. The van der Waals surface area contributed by atoms with Gasteiger partial charge in [-0.1, -0.05) is 39.5 Å². The summed E-state index contributed by atoms with van der Waals surface area (Å²) in [5.74, 6) is 6.19. The normalized spacial score (nSPS) is 26.3. The minimum absolute atomic E-state index is 0.0278. The van der Waals surface area contributed by atoms with E-state index in [1.165, 1.54) is 0 Å². The Kier molecular flexibility index (Phi) is 2.11. The molecule has 0 bridgehead atoms. The van der Waals surface area contributed by atoms with Crippen molar-refractivity contribution in [3.63, 3.8) is 0 Å². The molecule has 80 valence electrons. The van der Waals surface area contributed by atoms with Gasteiger partial charge < -0.3 is 5.11 Å². The SMILES string of the molecule is CC(C)(O)C#CC1(C)C(C)(C)C1(C)C. The molecule has 1 rings (SSSR count). The number of hydrogen-bond donors (Lipinski definition) is 1. The van der Waals surface area contributed by atoms with Gasteiger partial charge in [0.15, 0.2) is 0 Å². The largest absolute Gasteiger partial charge is 0.378 e. The molecule has 0 aliphatic heterocycles. The number of hydrogen-bond acceptors (Lipinski definition) is 1. The van der Waals surface area contributed by atoms with Crippen molar-refractivity contribution >= 4 is 0 Å². The highest BCUT2D eigenvalue weighted by Crippen LogP contribution is 2.77. The summed E-state index contributed by atoms with van der Waals surface area (Å²) in [4.78, 5) is 0. The number of aliphatic hydroxyl groups is 1. The van der Waals surface area contributed by atoms with Crippen molar-refractivity contribution in [1.29, 1.82) is 0 Å². The first-order chi connectivity index (χ1) is 5.96. The second-order valence-corrected chi connectivity index (χ2v) is 6.18. The van der Waals surface area contributed by atoms with Gasteiger partial charge in [0.05, 0.1) is 0 Å². The Bertz CT molecular complexity index is 290. The summed E-state index contributed by atoms with van der Waals surface area (Å²) >= 11 is 0. The minimum atomic E-state index is -0.877. The Hall–Kier alpha value is -0.480. The van der Waals surface area contributed by atoms with Gasteiger partial charge in [-0.15, -0.1) is 0 Å². The lowest BCUT2D eigenvalue weighted by molar-refractivity contribution is 0.143. The maximum atomic E-state index is 9.58. The molecule has 0 aromatic heterocycles. The number of rotatable bonds is 0. The van der Waals surface area contributed by atoms with Gasteiger partial charge in [0.2, 0.25) is 0 Å². The van der Waals surface area contributed by atoms with Crippen LogP contribution >= 0.6 is 0 Å². The second-order valence-electron chi connectivity index (χ2n) is 6.18. The van der Waals surface area contributed by atoms with Gasteiger partial charge in [0.25, 0.3) is 0 Å². The molecule has 1 aliphatic carbocycles. The van der Waals surface area contributed by atoms with Crippen molar-refractivity contribution in [3.05, 3.63) is 0 Å². The van der Waals surface area contributed by atoms with E-state index in [0.29, 0.717) is 0 Å². The molecule has 1 nitrogen and oxygen atoms in total. The highest BCUT2D eigenvalue weighted by atomic mass is 16.3. The zero-order valence-corrected chi connectivity index (χ0v) is 10.4. The van der Waals surface area contributed by atoms with Crippen molar-refractivity contribution in [2.45, 2.75) is 54.1 Å². The van der Waals surface area contributed by atoms with Crippen molar-refractivity contribution in [2.24, 2.45) is 16.2 Å². The summed E-state index contributed by atoms with van der Waals surface area (Å²) in [6, 6.07) is 0. The van der Waals surface area contributed by atoms with E-state index in [1.54, 1.807) is 13.8 Å². The smallest absolute Gasteiger partial charge is 0.119 e. The summed E-state index contributed by atoms with van der Waals surface area (Å²) < 4.78 is 0. The molecule has 1 saturated carbocycles. The third-order valence-corrected chi connectivity index (χ3v) is 4.62. The molecule has 1 heteroatoms. The fourth-order valence-electron chi connectivity index (χ4n) is 2.18. The lowest BCUT2D eigenvalue weighted by atomic mass is 9.97. The zero-order valence-electron chi connectivity index (χ0n) is 10.4. The summed E-state index contributed by atoms with van der Waals surface area (Å²) in [6.07, 6.45) is 0. The van der Waals surface area contributed by atoms with E-state index >= 15 is 0 Å². The van der Waals surface area contributed by atoms with E-state index in [2.05, 4.69) is 46.5 Å². The highest BCUT2D eigenvalue weighted by molar-refractivity contribution is 5.36. The first kappa shape index (κ1) is 11.6. The van der Waals surface area contributed by atoms with Crippen LogP contribution in [0.1, 0.15) is 48.5 Å². The third-order valence-electron chi connectivity index (χ3n) is 4.62. The second kappa shape index (κ2) is 2.55. The van der Waals surface area contributed by atoms with Crippen LogP contribution in [-0.2, 0) is 0 Å². The van der Waals surface area contributed by atoms with Crippen LogP contribution < -0.4 is 0 Å². The molecule has 1 N–H and O–H groups in total. The van der Waals surface area contributed by atoms with Gasteiger partial charge in [-0.2, -0.15) is 0 Å². The maximum Gasteiger partial charge on any atom is 0.119 e. The molecule has 0 aromatic rings. The van der Waals surface area contributed by atoms with Gasteiger partial charge in [0.1, 0.15) is 5.60 Å². The predicted molar refractivity (Wildman–Crippen MR) is 59.7 cm³/mol. The highest BCUT2D eigenvalue weighted by Gasteiger charge is 2.73. The lowest BCUT2D eigenvalue weighted by Crippen LogP contribution is -2.16. The molecule has 0 aromatic carbocycles. The maximum absolute atomic E-state index is 9.58. The molecule has 14 heavy (non-hydrogen) atoms. The third kappa shape index (κ3) is 1.28. The van der Waals surface area contributed by atoms with E-state index in [9.17, 15) is 5.11 Å². The van der Waals surface area contributed by atoms with Crippen LogP contribution in [0.25, 0.3) is 0 Å². The van der Waals surface area contributed by atoms with Crippen LogP contribution in [0.15, 0.2) is 0 Å². The molecule has 1 fully saturated rings. The molecular weight excluding hydrogens is 172 g/mol. The van der Waals surface area contributed by atoms with Crippen molar-refractivity contribution in [2.75, 3.05) is 0 Å². The topological polar surface area (TPSA) is 20.2 Å². The van der Waals surface area contributed by atoms with Gasteiger partial charge in [-0.25, -0.2) is 0 Å². The van der Waals surface area contributed by atoms with Crippen LogP contribution in [0, 0.1) is 28.1 Å². The van der Waals surface area contributed by atoms with Gasteiger partial charge in [0, 0.05) is 5.41 Å². The summed E-state index contributed by atoms with van der Waals surface area (Å²) in [5, 5.41) is 9.58. The average molecular weight is 194 g/mol. The Morgan fingerprint density at radius 2 is 1.29 bits per heavy atom. The fourth-order valence-corrected chi connectivity index (χ4v) is 2.18. The molecule has 0 unspecified atom stereocenters. The summed E-state index contributed by atoms with van der Waals surface area (Å²) in [6.45, 7) is 14.6. The minimum Gasteiger partial charge on any atom is -0.378 e. The van der Waals surface area contributed by atoms with Crippen LogP contribution in [0.5, 0.6) is 0 Å². The van der Waals surface area contributed by atoms with Crippen molar-refractivity contribution < 1.29 is 5.11 Å². The summed E-state index contributed by atoms with van der Waals surface area (Å²) in [5.41, 5.74) is -0.381. The van der Waals surface area contributed by atoms with Crippen LogP contribution in [-0.4, -0.2) is 10.7 Å². The van der Waals surface area contributed by atoms with E-state index in [0.717, 1.165) is 0 Å². The predicted octanol–water partition coefficient (Wildman–Crippen LogP) is 2.83. The molecule has 0 radical (unpaired) electrons. The van der Waals surface area contributed by atoms with E-state index in [-0.39, 0.29) is 16.2 Å². The quantitative estimate of drug-likeness (QED) is 0.588. The average Bonchev–Trinajstić information content (AvgIpc) is 2.25. The first-order valence-corrected chi connectivity index (χ1v) is 5.22.